The molecule has 0 aliphatic carbocycles. The van der Waals surface area contributed by atoms with Crippen LogP contribution in [0.4, 0.5) is 16.2 Å². The number of aryl methyl sites for hydroxylation is 1. The van der Waals surface area contributed by atoms with Crippen LogP contribution in [-0.4, -0.2) is 26.9 Å². The molecule has 0 saturated carbocycles. The first-order valence-electron chi connectivity index (χ1n) is 7.50. The van der Waals surface area contributed by atoms with Crippen LogP contribution in [0.2, 0.25) is 0 Å². The maximum Gasteiger partial charge on any atom is 0.316 e. The molecule has 0 spiro atoms. The van der Waals surface area contributed by atoms with Crippen LogP contribution in [-0.2, 0) is 0 Å². The predicted molar refractivity (Wildman–Crippen MR) is 93.7 cm³/mol. The van der Waals surface area contributed by atoms with Gasteiger partial charge in [-0.25, -0.2) is 4.79 Å². The second kappa shape index (κ2) is 6.83. The van der Waals surface area contributed by atoms with Gasteiger partial charge in [0.05, 0.1) is 11.4 Å². The predicted octanol–water partition coefficient (Wildman–Crippen LogP) is 2.32. The highest BCUT2D eigenvalue weighted by atomic mass is 16.2. The van der Waals surface area contributed by atoms with E-state index in [4.69, 9.17) is 5.73 Å². The molecule has 0 aliphatic rings. The van der Waals surface area contributed by atoms with E-state index in [9.17, 15) is 9.59 Å². The number of nitrogens with zero attached hydrogens (tertiary/aromatic N) is 3. The first kappa shape index (κ1) is 16.2. The number of benzene rings is 2. The lowest BCUT2D eigenvalue weighted by Gasteiger charge is -2.06. The van der Waals surface area contributed by atoms with Crippen LogP contribution in [0.3, 0.4) is 0 Å². The molecule has 8 heteroatoms. The van der Waals surface area contributed by atoms with Crippen LogP contribution in [0, 0.1) is 6.92 Å². The molecule has 1 heterocycles. The third-order valence-corrected chi connectivity index (χ3v) is 3.37. The molecule has 1 aromatic heterocycles. The Hall–Kier alpha value is -3.68. The molecule has 0 aliphatic heterocycles. The zero-order valence-corrected chi connectivity index (χ0v) is 13.4. The van der Waals surface area contributed by atoms with Crippen molar-refractivity contribution >= 4 is 23.3 Å². The van der Waals surface area contributed by atoms with E-state index in [0.29, 0.717) is 17.1 Å². The SMILES string of the molecule is Cc1nn(-c2ccccc2)nc1C(=O)Nc1cccc(NC(N)=O)c1. The molecule has 0 bridgehead atoms. The minimum absolute atomic E-state index is 0.220. The summed E-state index contributed by atoms with van der Waals surface area (Å²) >= 11 is 0. The van der Waals surface area contributed by atoms with Crippen molar-refractivity contribution in [3.63, 3.8) is 0 Å². The Morgan fingerprint density at radius 1 is 0.960 bits per heavy atom. The molecule has 3 aromatic rings. The van der Waals surface area contributed by atoms with Gasteiger partial charge in [-0.2, -0.15) is 9.90 Å². The Morgan fingerprint density at radius 2 is 1.64 bits per heavy atom. The van der Waals surface area contributed by atoms with Crippen molar-refractivity contribution in [1.82, 2.24) is 15.0 Å². The maximum atomic E-state index is 12.5. The van der Waals surface area contributed by atoms with E-state index in [1.165, 1.54) is 4.80 Å². The minimum atomic E-state index is -0.676. The number of carbonyl (C=O) groups excluding carboxylic acids is 2. The standard InChI is InChI=1S/C17H16N6O2/c1-11-15(22-23(21-11)14-8-3-2-4-9-14)16(24)19-12-6-5-7-13(10-12)20-17(18)25/h2-10H,1H3,(H,19,24)(H3,18,20,25). The number of anilines is 2. The number of carbonyl (C=O) groups is 2. The number of aromatic nitrogens is 3. The van der Waals surface area contributed by atoms with E-state index in [2.05, 4.69) is 20.8 Å². The topological polar surface area (TPSA) is 115 Å². The Balaban J connectivity index is 1.80. The Morgan fingerprint density at radius 3 is 2.32 bits per heavy atom. The van der Waals surface area contributed by atoms with Gasteiger partial charge in [-0.05, 0) is 37.3 Å². The summed E-state index contributed by atoms with van der Waals surface area (Å²) in [5, 5.41) is 13.7. The van der Waals surface area contributed by atoms with Gasteiger partial charge in [0.2, 0.25) is 0 Å². The fourth-order valence-corrected chi connectivity index (χ4v) is 2.27. The number of hydrogen-bond donors (Lipinski definition) is 3. The van der Waals surface area contributed by atoms with E-state index in [1.807, 2.05) is 30.3 Å². The number of amides is 3. The third kappa shape index (κ3) is 3.81. The molecule has 3 rings (SSSR count). The van der Waals surface area contributed by atoms with Gasteiger partial charge in [-0.15, -0.1) is 5.10 Å². The Bertz CT molecular complexity index is 920. The molecule has 126 valence electrons. The van der Waals surface area contributed by atoms with E-state index in [0.717, 1.165) is 5.69 Å². The number of rotatable bonds is 4. The smallest absolute Gasteiger partial charge is 0.316 e. The normalized spacial score (nSPS) is 10.3. The number of para-hydroxylation sites is 1. The molecule has 0 atom stereocenters. The van der Waals surface area contributed by atoms with Crippen LogP contribution in [0.15, 0.2) is 54.6 Å². The first-order chi connectivity index (χ1) is 12.0. The van der Waals surface area contributed by atoms with Gasteiger partial charge in [-0.3, -0.25) is 4.79 Å². The summed E-state index contributed by atoms with van der Waals surface area (Å²) in [4.78, 5) is 24.8. The summed E-state index contributed by atoms with van der Waals surface area (Å²) < 4.78 is 0. The molecule has 0 saturated heterocycles. The van der Waals surface area contributed by atoms with Gasteiger partial charge in [0, 0.05) is 11.4 Å². The highest BCUT2D eigenvalue weighted by molar-refractivity contribution is 6.04. The molecule has 0 fully saturated rings. The molecule has 2 aromatic carbocycles. The largest absolute Gasteiger partial charge is 0.351 e. The average Bonchev–Trinajstić information content (AvgIpc) is 2.97. The van der Waals surface area contributed by atoms with Gasteiger partial charge >= 0.3 is 6.03 Å². The lowest BCUT2D eigenvalue weighted by Crippen LogP contribution is -2.19. The summed E-state index contributed by atoms with van der Waals surface area (Å²) in [7, 11) is 0. The second-order valence-corrected chi connectivity index (χ2v) is 5.28. The van der Waals surface area contributed by atoms with Crippen molar-refractivity contribution in [3.8, 4) is 5.69 Å². The number of urea groups is 1. The Kier molecular flexibility index (Phi) is 4.42. The fourth-order valence-electron chi connectivity index (χ4n) is 2.27. The van der Waals surface area contributed by atoms with E-state index in [-0.39, 0.29) is 5.69 Å². The lowest BCUT2D eigenvalue weighted by molar-refractivity contribution is 0.102. The van der Waals surface area contributed by atoms with E-state index >= 15 is 0 Å². The second-order valence-electron chi connectivity index (χ2n) is 5.28. The molecule has 0 unspecified atom stereocenters. The summed E-state index contributed by atoms with van der Waals surface area (Å²) in [6, 6.07) is 15.3. The molecule has 25 heavy (non-hydrogen) atoms. The summed E-state index contributed by atoms with van der Waals surface area (Å²) in [5.41, 5.74) is 7.56. The van der Waals surface area contributed by atoms with Crippen LogP contribution in [0.5, 0.6) is 0 Å². The van der Waals surface area contributed by atoms with E-state index < -0.39 is 11.9 Å². The zero-order chi connectivity index (χ0) is 17.8. The molecule has 0 radical (unpaired) electrons. The van der Waals surface area contributed by atoms with Crippen LogP contribution >= 0.6 is 0 Å². The highest BCUT2D eigenvalue weighted by Gasteiger charge is 2.16. The zero-order valence-electron chi connectivity index (χ0n) is 13.4. The van der Waals surface area contributed by atoms with Crippen molar-refractivity contribution in [1.29, 1.82) is 0 Å². The summed E-state index contributed by atoms with van der Waals surface area (Å²) in [5.74, 6) is -0.393. The van der Waals surface area contributed by atoms with E-state index in [1.54, 1.807) is 31.2 Å². The van der Waals surface area contributed by atoms with Crippen molar-refractivity contribution in [2.24, 2.45) is 5.73 Å². The monoisotopic (exact) mass is 336 g/mol. The van der Waals surface area contributed by atoms with Crippen LogP contribution in [0.25, 0.3) is 5.69 Å². The Labute approximate surface area is 143 Å². The quantitative estimate of drug-likeness (QED) is 0.678. The van der Waals surface area contributed by atoms with Gasteiger partial charge < -0.3 is 16.4 Å². The molecular formula is C17H16N6O2. The summed E-state index contributed by atoms with van der Waals surface area (Å²) in [6.45, 7) is 1.71. The van der Waals surface area contributed by atoms with Crippen molar-refractivity contribution in [3.05, 3.63) is 66.0 Å². The first-order valence-corrected chi connectivity index (χ1v) is 7.50. The van der Waals surface area contributed by atoms with Crippen LogP contribution in [0.1, 0.15) is 16.2 Å². The number of nitrogens with two attached hydrogens (primary N) is 1. The minimum Gasteiger partial charge on any atom is -0.351 e. The van der Waals surface area contributed by atoms with Gasteiger partial charge in [0.15, 0.2) is 5.69 Å². The average molecular weight is 336 g/mol. The molecular weight excluding hydrogens is 320 g/mol. The van der Waals surface area contributed by atoms with Gasteiger partial charge in [-0.1, -0.05) is 24.3 Å². The van der Waals surface area contributed by atoms with Crippen molar-refractivity contribution in [2.75, 3.05) is 10.6 Å². The van der Waals surface area contributed by atoms with Gasteiger partial charge in [0.25, 0.3) is 5.91 Å². The lowest BCUT2D eigenvalue weighted by atomic mass is 10.2. The fraction of sp³-hybridized carbons (Fsp3) is 0.0588. The van der Waals surface area contributed by atoms with Crippen molar-refractivity contribution in [2.45, 2.75) is 6.92 Å². The number of hydrogen-bond acceptors (Lipinski definition) is 4. The maximum absolute atomic E-state index is 12.5. The highest BCUT2D eigenvalue weighted by Crippen LogP contribution is 2.16. The van der Waals surface area contributed by atoms with Crippen molar-refractivity contribution < 1.29 is 9.59 Å². The molecule has 4 N–H and O–H groups in total. The number of primary amides is 1. The molecule has 8 nitrogen and oxygen atoms in total. The number of nitrogens with one attached hydrogen (secondary N) is 2. The molecule has 3 amide bonds. The van der Waals surface area contributed by atoms with Gasteiger partial charge in [0.1, 0.15) is 0 Å². The third-order valence-electron chi connectivity index (χ3n) is 3.37. The summed E-state index contributed by atoms with van der Waals surface area (Å²) in [6.07, 6.45) is 0. The van der Waals surface area contributed by atoms with Crippen LogP contribution < -0.4 is 16.4 Å².